The lowest BCUT2D eigenvalue weighted by atomic mass is 9.85. The topological polar surface area (TPSA) is 102 Å². The summed E-state index contributed by atoms with van der Waals surface area (Å²) < 4.78 is 12.0. The van der Waals surface area contributed by atoms with Crippen LogP contribution in [0.3, 0.4) is 0 Å². The Kier molecular flexibility index (Phi) is 4.75. The van der Waals surface area contributed by atoms with Crippen LogP contribution in [-0.4, -0.2) is 53.4 Å². The minimum absolute atomic E-state index is 0.202. The van der Waals surface area contributed by atoms with E-state index in [0.29, 0.717) is 43.3 Å². The first-order chi connectivity index (χ1) is 13.0. The third-order valence-corrected chi connectivity index (χ3v) is 5.29. The number of anilines is 3. The highest BCUT2D eigenvalue weighted by atomic mass is 79.9. The van der Waals surface area contributed by atoms with Crippen molar-refractivity contribution >= 4 is 44.5 Å². The largest absolute Gasteiger partial charge is 0.382 e. The number of ether oxygens (including phenoxy) is 2. The van der Waals surface area contributed by atoms with Gasteiger partial charge in [0.15, 0.2) is 17.0 Å². The van der Waals surface area contributed by atoms with Crippen LogP contribution in [0.4, 0.5) is 17.5 Å². The Morgan fingerprint density at radius 2 is 2.19 bits per heavy atom. The monoisotopic (exact) mass is 432 g/mol. The average molecular weight is 433 g/mol. The molecule has 2 aromatic heterocycles. The number of H-pyrrole nitrogens is 1. The number of nitrogens with two attached hydrogens (primary N) is 1. The first-order valence-corrected chi connectivity index (χ1v) is 9.42. The number of methoxy groups -OCH3 is 1. The predicted octanol–water partition coefficient (Wildman–Crippen LogP) is 2.77. The Hall–Kier alpha value is -2.23. The minimum Gasteiger partial charge on any atom is -0.382 e. The molecule has 0 saturated heterocycles. The van der Waals surface area contributed by atoms with Gasteiger partial charge < -0.3 is 25.1 Å². The van der Waals surface area contributed by atoms with Crippen LogP contribution in [0.15, 0.2) is 29.0 Å². The molecule has 27 heavy (non-hydrogen) atoms. The quantitative estimate of drug-likeness (QED) is 0.577. The predicted molar refractivity (Wildman–Crippen MR) is 107 cm³/mol. The second-order valence-electron chi connectivity index (χ2n) is 6.86. The molecular formula is C18H21BrN6O2. The first-order valence-electron chi connectivity index (χ1n) is 8.63. The molecule has 1 atom stereocenters. The number of nitrogens with one attached hydrogen (secondary N) is 1. The van der Waals surface area contributed by atoms with Gasteiger partial charge in [-0.1, -0.05) is 28.9 Å². The zero-order valence-corrected chi connectivity index (χ0v) is 16.8. The molecule has 142 valence electrons. The average Bonchev–Trinajstić information content (AvgIpc) is 3.21. The number of nitrogen functional groups attached to an aromatic ring is 1. The normalized spacial score (nSPS) is 19.0. The number of imidazole rings is 1. The highest BCUT2D eigenvalue weighted by molar-refractivity contribution is 9.10. The molecule has 0 aliphatic carbocycles. The third-order valence-electron chi connectivity index (χ3n) is 4.79. The van der Waals surface area contributed by atoms with E-state index in [2.05, 4.69) is 59.8 Å². The minimum atomic E-state index is -0.202. The van der Waals surface area contributed by atoms with Gasteiger partial charge >= 0.3 is 0 Å². The van der Waals surface area contributed by atoms with Crippen LogP contribution in [0.2, 0.25) is 0 Å². The molecule has 0 amide bonds. The van der Waals surface area contributed by atoms with Gasteiger partial charge in [-0.2, -0.15) is 9.97 Å². The fraction of sp³-hybridized carbons (Fsp3) is 0.389. The summed E-state index contributed by atoms with van der Waals surface area (Å²) in [4.78, 5) is 18.3. The summed E-state index contributed by atoms with van der Waals surface area (Å²) in [5.74, 6) is 0.905. The van der Waals surface area contributed by atoms with Crippen LogP contribution >= 0.6 is 15.9 Å². The summed E-state index contributed by atoms with van der Waals surface area (Å²) >= 11 is 3.58. The summed E-state index contributed by atoms with van der Waals surface area (Å²) in [7, 11) is 1.67. The van der Waals surface area contributed by atoms with E-state index in [1.165, 1.54) is 5.56 Å². The number of hydrogen-bond acceptors (Lipinski definition) is 7. The highest BCUT2D eigenvalue weighted by Gasteiger charge is 2.41. The fourth-order valence-corrected chi connectivity index (χ4v) is 3.88. The zero-order valence-electron chi connectivity index (χ0n) is 15.2. The summed E-state index contributed by atoms with van der Waals surface area (Å²) in [6.45, 7) is 4.60. The van der Waals surface area contributed by atoms with E-state index in [1.54, 1.807) is 13.4 Å². The van der Waals surface area contributed by atoms with E-state index in [-0.39, 0.29) is 11.4 Å². The molecule has 3 aromatic rings. The molecule has 1 unspecified atom stereocenters. The summed E-state index contributed by atoms with van der Waals surface area (Å²) in [6.07, 6.45) is 1.60. The Balaban J connectivity index is 1.76. The van der Waals surface area contributed by atoms with Crippen molar-refractivity contribution in [3.05, 3.63) is 34.6 Å². The lowest BCUT2D eigenvalue weighted by Gasteiger charge is -2.26. The van der Waals surface area contributed by atoms with Crippen molar-refractivity contribution in [2.75, 3.05) is 44.1 Å². The number of hydrogen-bond donors (Lipinski definition) is 2. The number of nitrogens with zero attached hydrogens (tertiary/aromatic N) is 4. The van der Waals surface area contributed by atoms with E-state index >= 15 is 0 Å². The van der Waals surface area contributed by atoms with Crippen LogP contribution in [-0.2, 0) is 14.9 Å². The number of fused-ring (bicyclic) bond motifs is 2. The highest BCUT2D eigenvalue weighted by Crippen LogP contribution is 2.46. The Morgan fingerprint density at radius 3 is 3.00 bits per heavy atom. The first kappa shape index (κ1) is 18.1. The van der Waals surface area contributed by atoms with Gasteiger partial charge in [0.05, 0.1) is 26.1 Å². The van der Waals surface area contributed by atoms with Crippen molar-refractivity contribution in [3.63, 3.8) is 0 Å². The van der Waals surface area contributed by atoms with Gasteiger partial charge in [0, 0.05) is 29.2 Å². The Bertz CT molecular complexity index is 978. The van der Waals surface area contributed by atoms with Gasteiger partial charge in [0.2, 0.25) is 5.95 Å². The van der Waals surface area contributed by atoms with Gasteiger partial charge in [0.1, 0.15) is 0 Å². The molecule has 0 bridgehead atoms. The smallest absolute Gasteiger partial charge is 0.224 e. The molecule has 1 aliphatic rings. The lowest BCUT2D eigenvalue weighted by molar-refractivity contribution is 0.0481. The van der Waals surface area contributed by atoms with E-state index in [0.717, 1.165) is 10.2 Å². The van der Waals surface area contributed by atoms with Gasteiger partial charge in [0.25, 0.3) is 0 Å². The summed E-state index contributed by atoms with van der Waals surface area (Å²) in [6, 6.07) is 6.27. The zero-order chi connectivity index (χ0) is 19.0. The maximum absolute atomic E-state index is 5.94. The molecule has 0 fully saturated rings. The molecule has 3 N–H and O–H groups in total. The summed E-state index contributed by atoms with van der Waals surface area (Å²) in [5, 5.41) is 0. The second-order valence-corrected chi connectivity index (χ2v) is 7.77. The summed E-state index contributed by atoms with van der Waals surface area (Å²) in [5.41, 5.74) is 9.31. The third kappa shape index (κ3) is 3.26. The Labute approximate surface area is 165 Å². The number of aromatic nitrogens is 4. The number of halogens is 1. The maximum Gasteiger partial charge on any atom is 0.224 e. The van der Waals surface area contributed by atoms with Crippen molar-refractivity contribution in [2.45, 2.75) is 12.3 Å². The molecular weight excluding hydrogens is 412 g/mol. The van der Waals surface area contributed by atoms with Crippen molar-refractivity contribution in [3.8, 4) is 0 Å². The number of rotatable bonds is 6. The van der Waals surface area contributed by atoms with Crippen molar-refractivity contribution in [1.82, 2.24) is 19.9 Å². The Morgan fingerprint density at radius 1 is 1.33 bits per heavy atom. The molecule has 0 spiro atoms. The van der Waals surface area contributed by atoms with Gasteiger partial charge in [-0.3, -0.25) is 0 Å². The SMILES string of the molecule is COCCOCC1(C)CN(c2nc(N)nc3[nH]cnc23)c2cc(Br)ccc21. The molecule has 1 aliphatic heterocycles. The number of aromatic amines is 1. The van der Waals surface area contributed by atoms with Gasteiger partial charge in [-0.05, 0) is 17.7 Å². The molecule has 3 heterocycles. The van der Waals surface area contributed by atoms with Crippen LogP contribution in [0.5, 0.6) is 0 Å². The van der Waals surface area contributed by atoms with E-state index in [1.807, 2.05) is 6.07 Å². The van der Waals surface area contributed by atoms with E-state index in [9.17, 15) is 0 Å². The molecule has 0 saturated carbocycles. The van der Waals surface area contributed by atoms with Gasteiger partial charge in [-0.25, -0.2) is 4.98 Å². The fourth-order valence-electron chi connectivity index (χ4n) is 3.54. The van der Waals surface area contributed by atoms with Crippen LogP contribution in [0, 0.1) is 0 Å². The van der Waals surface area contributed by atoms with Crippen LogP contribution < -0.4 is 10.6 Å². The van der Waals surface area contributed by atoms with Crippen LogP contribution in [0.25, 0.3) is 11.2 Å². The van der Waals surface area contributed by atoms with Gasteiger partial charge in [-0.15, -0.1) is 0 Å². The number of benzene rings is 1. The van der Waals surface area contributed by atoms with Crippen molar-refractivity contribution in [2.24, 2.45) is 0 Å². The lowest BCUT2D eigenvalue weighted by Crippen LogP contribution is -2.34. The molecule has 0 radical (unpaired) electrons. The molecule has 4 rings (SSSR count). The van der Waals surface area contributed by atoms with E-state index < -0.39 is 0 Å². The molecule has 8 nitrogen and oxygen atoms in total. The molecule has 1 aromatic carbocycles. The molecule has 9 heteroatoms. The standard InChI is InChI=1S/C18H21BrN6O2/c1-18(9-27-6-5-26-2)8-25(13-7-11(19)3-4-12(13)18)16-14-15(22-10-21-14)23-17(20)24-16/h3-4,7,10H,5-6,8-9H2,1-2H3,(H3,20,21,22,23,24). The van der Waals surface area contributed by atoms with E-state index in [4.69, 9.17) is 15.2 Å². The maximum atomic E-state index is 5.94. The second kappa shape index (κ2) is 7.06. The van der Waals surface area contributed by atoms with Crippen LogP contribution in [0.1, 0.15) is 12.5 Å². The van der Waals surface area contributed by atoms with Crippen molar-refractivity contribution in [1.29, 1.82) is 0 Å². The van der Waals surface area contributed by atoms with Crippen molar-refractivity contribution < 1.29 is 9.47 Å².